The van der Waals surface area contributed by atoms with E-state index in [1.807, 2.05) is 79.5 Å². The highest BCUT2D eigenvalue weighted by molar-refractivity contribution is 5.55. The number of nitrogen functional groups attached to an aromatic ring is 1. The van der Waals surface area contributed by atoms with E-state index in [1.165, 1.54) is 0 Å². The Balaban J connectivity index is -0.000000562. The molecule has 0 aliphatic carbocycles. The van der Waals surface area contributed by atoms with Gasteiger partial charge in [0.25, 0.3) is 6.43 Å². The molecule has 0 saturated carbocycles. The highest BCUT2D eigenvalue weighted by Crippen LogP contribution is 2.23. The maximum absolute atomic E-state index is 12.4. The second-order valence-corrected chi connectivity index (χ2v) is 12.5. The third-order valence-electron chi connectivity index (χ3n) is 8.42. The minimum atomic E-state index is -2.24. The van der Waals surface area contributed by atoms with Gasteiger partial charge in [0, 0.05) is 81.4 Å². The number of nitrogens with two attached hydrogens (primary N) is 2. The second kappa shape index (κ2) is 30.6. The number of aromatic nitrogens is 1. The number of aliphatic hydroxyl groups excluding tert-OH is 1. The Morgan fingerprint density at radius 2 is 1.61 bits per heavy atom. The number of pyridine rings is 1. The van der Waals surface area contributed by atoms with Gasteiger partial charge in [-0.3, -0.25) is 14.7 Å². The number of nitrogens with zero attached hydrogens (tertiary/aromatic N) is 5. The zero-order valence-electron chi connectivity index (χ0n) is 33.9. The number of rotatable bonds is 8. The smallest absolute Gasteiger partial charge is 0.255 e. The van der Waals surface area contributed by atoms with Crippen LogP contribution in [0.4, 0.5) is 14.6 Å². The fraction of sp³-hybridized carbons (Fsp3) is 0.784. The molecule has 12 heteroatoms. The number of aliphatic hydroxyl groups is 1. The fourth-order valence-corrected chi connectivity index (χ4v) is 4.67. The summed E-state index contributed by atoms with van der Waals surface area (Å²) in [6.45, 7) is 31.7. The summed E-state index contributed by atoms with van der Waals surface area (Å²) < 4.78 is 24.9. The standard InChI is InChI=1S/C11H19N3.C8H16F2N2.C8H16N2.C6H14N2O.2C2H6/c1-8(2)14(4)9(3)10-6-5-7-13-11(10)12;1-6(2)12-4-3-11-5-7(12)8(9)10;1-5-10-8(9)7(4)6(2)3;1-8-3-2-7-4-6(8)5-9;2*1-2/h5-9H,1-4H3,(H2,12,13);6-8,11H,3-5H2,1-2H3;5-6H,9H2,1-4H3;6-7,9H,2-5H2,1H3;2*1-2H3/b;;8-7+,10-5-;;;. The van der Waals surface area contributed by atoms with Gasteiger partial charge < -0.3 is 27.2 Å². The average Bonchev–Trinajstić information content (AvgIpc) is 3.10. The molecule has 2 aliphatic heterocycles. The number of hydrogen-bond acceptors (Lipinski definition) is 10. The first kappa shape index (κ1) is 51.2. The molecule has 2 saturated heterocycles. The van der Waals surface area contributed by atoms with Crippen molar-refractivity contribution in [3.8, 4) is 0 Å². The Kier molecular flexibility index (Phi) is 31.9. The zero-order valence-corrected chi connectivity index (χ0v) is 33.9. The van der Waals surface area contributed by atoms with Crippen LogP contribution in [0.5, 0.6) is 0 Å². The maximum Gasteiger partial charge on any atom is 0.255 e. The molecule has 3 atom stereocenters. The quantitative estimate of drug-likeness (QED) is 0.212. The molecule has 10 nitrogen and oxygen atoms in total. The van der Waals surface area contributed by atoms with Crippen molar-refractivity contribution in [2.75, 3.05) is 65.7 Å². The van der Waals surface area contributed by atoms with Gasteiger partial charge in [-0.1, -0.05) is 47.6 Å². The summed E-state index contributed by atoms with van der Waals surface area (Å²) in [6.07, 6.45) is 1.20. The highest BCUT2D eigenvalue weighted by Gasteiger charge is 2.31. The number of aliphatic imine (C=N–C) groups is 1. The third kappa shape index (κ3) is 21.6. The molecule has 0 amide bonds. The molecular formula is C37H77F2N9O. The summed E-state index contributed by atoms with van der Waals surface area (Å²) in [5.74, 6) is 1.77. The van der Waals surface area contributed by atoms with E-state index in [0.717, 1.165) is 43.9 Å². The lowest BCUT2D eigenvalue weighted by Crippen LogP contribution is -2.56. The van der Waals surface area contributed by atoms with Gasteiger partial charge in [0.05, 0.1) is 12.6 Å². The molecule has 0 radical (unpaired) electrons. The lowest BCUT2D eigenvalue weighted by Gasteiger charge is -2.38. The van der Waals surface area contributed by atoms with Gasteiger partial charge in [0.15, 0.2) is 0 Å². The molecule has 49 heavy (non-hydrogen) atoms. The topological polar surface area (TPSA) is 131 Å². The van der Waals surface area contributed by atoms with E-state index in [0.29, 0.717) is 42.2 Å². The molecule has 0 bridgehead atoms. The summed E-state index contributed by atoms with van der Waals surface area (Å²) in [5.41, 5.74) is 13.7. The largest absolute Gasteiger partial charge is 0.395 e. The lowest BCUT2D eigenvalue weighted by atomic mass is 10.1. The molecule has 2 aliphatic rings. The second-order valence-electron chi connectivity index (χ2n) is 12.5. The number of allylic oxidation sites excluding steroid dienone is 1. The van der Waals surface area contributed by atoms with E-state index in [9.17, 15) is 8.78 Å². The predicted octanol–water partition coefficient (Wildman–Crippen LogP) is 5.86. The van der Waals surface area contributed by atoms with Crippen LogP contribution in [0.15, 0.2) is 34.7 Å². The van der Waals surface area contributed by atoms with E-state index in [2.05, 4.69) is 72.1 Å². The Morgan fingerprint density at radius 1 is 1.06 bits per heavy atom. The molecule has 1 aromatic heterocycles. The van der Waals surface area contributed by atoms with Crippen molar-refractivity contribution in [1.82, 2.24) is 30.3 Å². The van der Waals surface area contributed by atoms with Gasteiger partial charge in [-0.2, -0.15) is 0 Å². The number of piperazine rings is 2. The number of hydrogen-bond donors (Lipinski definition) is 5. The monoisotopic (exact) mass is 702 g/mol. The molecule has 7 N–H and O–H groups in total. The van der Waals surface area contributed by atoms with Gasteiger partial charge in [-0.15, -0.1) is 0 Å². The van der Waals surface area contributed by atoms with Crippen LogP contribution in [0.1, 0.15) is 102 Å². The number of likely N-dealkylation sites (N-methyl/N-ethyl adjacent to an activating group) is 1. The lowest BCUT2D eigenvalue weighted by molar-refractivity contribution is -0.00277. The van der Waals surface area contributed by atoms with Crippen LogP contribution in [0.3, 0.4) is 0 Å². The van der Waals surface area contributed by atoms with Gasteiger partial charge >= 0.3 is 0 Å². The normalized spacial score (nSPS) is 19.3. The number of alkyl halides is 2. The van der Waals surface area contributed by atoms with Gasteiger partial charge in [0.2, 0.25) is 0 Å². The van der Waals surface area contributed by atoms with E-state index in [1.54, 1.807) is 12.4 Å². The number of anilines is 1. The molecule has 3 rings (SSSR count). The average molecular weight is 702 g/mol. The van der Waals surface area contributed by atoms with E-state index in [-0.39, 0.29) is 12.6 Å². The van der Waals surface area contributed by atoms with Gasteiger partial charge in [-0.05, 0) is 80.1 Å². The maximum atomic E-state index is 12.4. The molecule has 0 spiro atoms. The number of halogens is 2. The van der Waals surface area contributed by atoms with Crippen LogP contribution < -0.4 is 22.1 Å². The zero-order chi connectivity index (χ0) is 38.7. The van der Waals surface area contributed by atoms with E-state index < -0.39 is 12.5 Å². The van der Waals surface area contributed by atoms with Crippen molar-refractivity contribution in [2.24, 2.45) is 16.6 Å². The van der Waals surface area contributed by atoms with Gasteiger partial charge in [-0.25, -0.2) is 18.8 Å². The van der Waals surface area contributed by atoms with Crippen molar-refractivity contribution >= 4 is 12.0 Å². The first-order valence-corrected chi connectivity index (χ1v) is 18.2. The van der Waals surface area contributed by atoms with Crippen molar-refractivity contribution < 1.29 is 13.9 Å². The van der Waals surface area contributed by atoms with Gasteiger partial charge in [0.1, 0.15) is 11.6 Å². The summed E-state index contributed by atoms with van der Waals surface area (Å²) in [7, 11) is 4.14. The first-order chi connectivity index (χ1) is 23.1. The summed E-state index contributed by atoms with van der Waals surface area (Å²) >= 11 is 0. The van der Waals surface area contributed by atoms with E-state index >= 15 is 0 Å². The van der Waals surface area contributed by atoms with Crippen LogP contribution in [0.25, 0.3) is 0 Å². The first-order valence-electron chi connectivity index (χ1n) is 18.2. The van der Waals surface area contributed by atoms with Crippen molar-refractivity contribution in [1.29, 1.82) is 0 Å². The Bertz CT molecular complexity index is 961. The minimum absolute atomic E-state index is 0.214. The van der Waals surface area contributed by atoms with E-state index in [4.69, 9.17) is 16.6 Å². The van der Waals surface area contributed by atoms with Crippen molar-refractivity contribution in [3.05, 3.63) is 35.3 Å². The molecule has 1 aromatic rings. The molecule has 290 valence electrons. The van der Waals surface area contributed by atoms with Crippen LogP contribution >= 0.6 is 0 Å². The fourth-order valence-electron chi connectivity index (χ4n) is 4.67. The van der Waals surface area contributed by atoms with Crippen LogP contribution in [-0.4, -0.2) is 122 Å². The molecule has 2 fully saturated rings. The minimum Gasteiger partial charge on any atom is -0.395 e. The van der Waals surface area contributed by atoms with Crippen LogP contribution in [0.2, 0.25) is 0 Å². The molecule has 3 unspecified atom stereocenters. The summed E-state index contributed by atoms with van der Waals surface area (Å²) in [4.78, 5) is 14.4. The Morgan fingerprint density at radius 3 is 2.00 bits per heavy atom. The van der Waals surface area contributed by atoms with Crippen LogP contribution in [-0.2, 0) is 0 Å². The summed E-state index contributed by atoms with van der Waals surface area (Å²) in [5, 5.41) is 15.0. The number of nitrogens with one attached hydrogen (secondary N) is 2. The Labute approximate surface area is 300 Å². The SMILES string of the molecule is C/C=N\C(N)=C(/C)C(C)C.CC.CC.CC(C)N(C)C(C)c1cccnc1N.CC(C)N1CCNCC1C(F)F.CN1CCNCC1CO. The molecule has 0 aromatic carbocycles. The van der Waals surface area contributed by atoms with Crippen molar-refractivity contribution in [2.45, 2.75) is 127 Å². The molecule has 3 heterocycles. The highest BCUT2D eigenvalue weighted by atomic mass is 19.3. The predicted molar refractivity (Wildman–Crippen MR) is 209 cm³/mol. The molecular weight excluding hydrogens is 624 g/mol. The Hall–Kier alpha value is -2.22. The van der Waals surface area contributed by atoms with Crippen LogP contribution in [0, 0.1) is 5.92 Å². The summed E-state index contributed by atoms with van der Waals surface area (Å²) in [6, 6.07) is 4.72. The van der Waals surface area contributed by atoms with Crippen molar-refractivity contribution in [3.63, 3.8) is 0 Å². The third-order valence-corrected chi connectivity index (χ3v) is 8.42.